The predicted molar refractivity (Wildman–Crippen MR) is 91.1 cm³/mol. The van der Waals surface area contributed by atoms with Crippen LogP contribution in [-0.4, -0.2) is 16.7 Å². The zero-order valence-electron chi connectivity index (χ0n) is 12.8. The minimum atomic E-state index is 0.619. The highest BCUT2D eigenvalue weighted by Gasteiger charge is 2.13. The smallest absolute Gasteiger partial charge is 0.142 e. The van der Waals surface area contributed by atoms with Gasteiger partial charge < -0.3 is 15.0 Å². The molecular formula is C18H19N3O. The first-order valence-corrected chi connectivity index (χ1v) is 7.15. The van der Waals surface area contributed by atoms with Crippen LogP contribution in [-0.2, 0) is 6.54 Å². The van der Waals surface area contributed by atoms with E-state index in [9.17, 15) is 0 Å². The number of allylic oxidation sites excluding steroid dienone is 1. The number of aryl methyl sites for hydroxylation is 1. The summed E-state index contributed by atoms with van der Waals surface area (Å²) < 4.78 is 7.46. The zero-order chi connectivity index (χ0) is 15.7. The lowest BCUT2D eigenvalue weighted by Crippen LogP contribution is -1.99. The Kier molecular flexibility index (Phi) is 3.59. The van der Waals surface area contributed by atoms with Crippen molar-refractivity contribution in [1.82, 2.24) is 9.55 Å². The minimum absolute atomic E-state index is 0.619. The van der Waals surface area contributed by atoms with Crippen LogP contribution in [0, 0.1) is 6.92 Å². The summed E-state index contributed by atoms with van der Waals surface area (Å²) in [5.41, 5.74) is 10.8. The molecule has 3 rings (SSSR count). The normalized spacial score (nSPS) is 10.8. The summed E-state index contributed by atoms with van der Waals surface area (Å²) in [6.45, 7) is 6.61. The van der Waals surface area contributed by atoms with Gasteiger partial charge in [0.15, 0.2) is 0 Å². The molecule has 2 N–H and O–H groups in total. The summed E-state index contributed by atoms with van der Waals surface area (Å²) in [4.78, 5) is 4.79. The van der Waals surface area contributed by atoms with Crippen LogP contribution in [0.25, 0.3) is 22.4 Å². The number of hydrogen-bond acceptors (Lipinski definition) is 3. The first-order chi connectivity index (χ1) is 10.6. The zero-order valence-corrected chi connectivity index (χ0v) is 12.8. The number of nitrogen functional groups attached to an aromatic ring is 1. The number of fused-ring (bicyclic) bond motifs is 1. The molecule has 0 spiro atoms. The number of nitrogens with two attached hydrogens (primary N) is 1. The number of benzene rings is 2. The molecule has 4 nitrogen and oxygen atoms in total. The molecule has 0 unspecified atom stereocenters. The number of methoxy groups -OCH3 is 1. The van der Waals surface area contributed by atoms with Crippen LogP contribution in [0.1, 0.15) is 5.56 Å². The Morgan fingerprint density at radius 1 is 1.27 bits per heavy atom. The highest BCUT2D eigenvalue weighted by molar-refractivity contribution is 5.82. The van der Waals surface area contributed by atoms with E-state index in [-0.39, 0.29) is 0 Å². The molecular weight excluding hydrogens is 274 g/mol. The van der Waals surface area contributed by atoms with Gasteiger partial charge in [0.25, 0.3) is 0 Å². The third-order valence-corrected chi connectivity index (χ3v) is 3.71. The van der Waals surface area contributed by atoms with Crippen LogP contribution in [0.2, 0.25) is 0 Å². The van der Waals surface area contributed by atoms with Gasteiger partial charge in [-0.3, -0.25) is 0 Å². The topological polar surface area (TPSA) is 53.1 Å². The van der Waals surface area contributed by atoms with E-state index in [0.717, 1.165) is 22.4 Å². The second-order valence-electron chi connectivity index (χ2n) is 5.28. The van der Waals surface area contributed by atoms with Gasteiger partial charge in [-0.2, -0.15) is 0 Å². The van der Waals surface area contributed by atoms with Crippen LogP contribution >= 0.6 is 0 Å². The van der Waals surface area contributed by atoms with Crippen LogP contribution in [0.5, 0.6) is 5.75 Å². The van der Waals surface area contributed by atoms with Crippen LogP contribution < -0.4 is 10.5 Å². The van der Waals surface area contributed by atoms with Crippen molar-refractivity contribution in [1.29, 1.82) is 0 Å². The third kappa shape index (κ3) is 2.33. The van der Waals surface area contributed by atoms with Gasteiger partial charge in [-0.25, -0.2) is 4.98 Å². The van der Waals surface area contributed by atoms with E-state index in [1.165, 1.54) is 5.56 Å². The van der Waals surface area contributed by atoms with Crippen molar-refractivity contribution in [2.24, 2.45) is 0 Å². The van der Waals surface area contributed by atoms with Gasteiger partial charge >= 0.3 is 0 Å². The highest BCUT2D eigenvalue weighted by Crippen LogP contribution is 2.31. The molecule has 1 aromatic heterocycles. The SMILES string of the molecule is C=CCn1c(-c2ccc(N)c(OC)c2)nc2cc(C)ccc21. The fraction of sp³-hybridized carbons (Fsp3) is 0.167. The molecule has 0 saturated carbocycles. The predicted octanol–water partition coefficient (Wildman–Crippen LogP) is 3.79. The molecule has 0 saturated heterocycles. The molecule has 4 heteroatoms. The maximum atomic E-state index is 5.90. The number of imidazole rings is 1. The highest BCUT2D eigenvalue weighted by atomic mass is 16.5. The first-order valence-electron chi connectivity index (χ1n) is 7.15. The standard InChI is InChI=1S/C18H19N3O/c1-4-9-21-16-8-5-12(2)10-15(16)20-18(21)13-6-7-14(19)17(11-13)22-3/h4-8,10-11H,1,9,19H2,2-3H3. The Bertz CT molecular complexity index is 849. The van der Waals surface area contributed by atoms with Crippen molar-refractivity contribution in [3.63, 3.8) is 0 Å². The first kappa shape index (κ1) is 14.2. The van der Waals surface area contributed by atoms with Gasteiger partial charge in [0.1, 0.15) is 11.6 Å². The van der Waals surface area contributed by atoms with E-state index < -0.39 is 0 Å². The molecule has 3 aromatic rings. The van der Waals surface area contributed by atoms with Crippen molar-refractivity contribution in [2.45, 2.75) is 13.5 Å². The molecule has 112 valence electrons. The molecule has 0 atom stereocenters. The Morgan fingerprint density at radius 2 is 2.09 bits per heavy atom. The third-order valence-electron chi connectivity index (χ3n) is 3.71. The number of aromatic nitrogens is 2. The average Bonchev–Trinajstić information content (AvgIpc) is 2.86. The van der Waals surface area contributed by atoms with Gasteiger partial charge in [0, 0.05) is 12.1 Å². The summed E-state index contributed by atoms with van der Waals surface area (Å²) >= 11 is 0. The molecule has 0 aliphatic carbocycles. The number of ether oxygens (including phenoxy) is 1. The second-order valence-corrected chi connectivity index (χ2v) is 5.28. The summed E-state index contributed by atoms with van der Waals surface area (Å²) in [6.07, 6.45) is 1.87. The number of anilines is 1. The second kappa shape index (κ2) is 5.56. The lowest BCUT2D eigenvalue weighted by atomic mass is 10.1. The van der Waals surface area contributed by atoms with E-state index in [2.05, 4.69) is 36.3 Å². The Hall–Kier alpha value is -2.75. The summed E-state index contributed by atoms with van der Waals surface area (Å²) in [6, 6.07) is 12.0. The van der Waals surface area contributed by atoms with E-state index in [1.54, 1.807) is 7.11 Å². The largest absolute Gasteiger partial charge is 0.495 e. The average molecular weight is 293 g/mol. The molecule has 0 aliphatic rings. The van der Waals surface area contributed by atoms with Gasteiger partial charge in [0.05, 0.1) is 23.8 Å². The maximum Gasteiger partial charge on any atom is 0.142 e. The van der Waals surface area contributed by atoms with E-state index in [0.29, 0.717) is 18.0 Å². The molecule has 0 fully saturated rings. The van der Waals surface area contributed by atoms with Gasteiger partial charge in [-0.15, -0.1) is 6.58 Å². The Labute approximate surface area is 129 Å². The summed E-state index contributed by atoms with van der Waals surface area (Å²) in [5, 5.41) is 0. The van der Waals surface area contributed by atoms with Crippen molar-refractivity contribution in [3.8, 4) is 17.1 Å². The van der Waals surface area contributed by atoms with Crippen molar-refractivity contribution in [2.75, 3.05) is 12.8 Å². The van der Waals surface area contributed by atoms with Crippen molar-refractivity contribution < 1.29 is 4.74 Å². The van der Waals surface area contributed by atoms with Crippen molar-refractivity contribution in [3.05, 3.63) is 54.6 Å². The van der Waals surface area contributed by atoms with Crippen LogP contribution in [0.4, 0.5) is 5.69 Å². The Morgan fingerprint density at radius 3 is 2.82 bits per heavy atom. The molecule has 0 bridgehead atoms. The summed E-state index contributed by atoms with van der Waals surface area (Å²) in [7, 11) is 1.62. The van der Waals surface area contributed by atoms with Crippen LogP contribution in [0.15, 0.2) is 49.1 Å². The quantitative estimate of drug-likeness (QED) is 0.588. The molecule has 0 aliphatic heterocycles. The number of nitrogens with zero attached hydrogens (tertiary/aromatic N) is 2. The molecule has 2 aromatic carbocycles. The maximum absolute atomic E-state index is 5.90. The lowest BCUT2D eigenvalue weighted by Gasteiger charge is -2.09. The fourth-order valence-electron chi connectivity index (χ4n) is 2.62. The van der Waals surface area contributed by atoms with Gasteiger partial charge in [0.2, 0.25) is 0 Å². The number of hydrogen-bond donors (Lipinski definition) is 1. The molecule has 0 amide bonds. The van der Waals surface area contributed by atoms with Gasteiger partial charge in [-0.05, 0) is 42.8 Å². The minimum Gasteiger partial charge on any atom is -0.495 e. The van der Waals surface area contributed by atoms with Crippen LogP contribution in [0.3, 0.4) is 0 Å². The van der Waals surface area contributed by atoms with Crippen molar-refractivity contribution >= 4 is 16.7 Å². The Balaban J connectivity index is 2.25. The molecule has 22 heavy (non-hydrogen) atoms. The monoisotopic (exact) mass is 293 g/mol. The molecule has 1 heterocycles. The molecule has 0 radical (unpaired) electrons. The van der Waals surface area contributed by atoms with E-state index >= 15 is 0 Å². The lowest BCUT2D eigenvalue weighted by molar-refractivity contribution is 0.417. The summed E-state index contributed by atoms with van der Waals surface area (Å²) in [5.74, 6) is 1.55. The fourth-order valence-corrected chi connectivity index (χ4v) is 2.62. The van der Waals surface area contributed by atoms with E-state index in [4.69, 9.17) is 15.5 Å². The van der Waals surface area contributed by atoms with Gasteiger partial charge in [-0.1, -0.05) is 12.1 Å². The van der Waals surface area contributed by atoms with E-state index in [1.807, 2.05) is 24.3 Å². The number of rotatable bonds is 4.